The second-order valence-electron chi connectivity index (χ2n) is 10.1. The van der Waals surface area contributed by atoms with Gasteiger partial charge in [-0.05, 0) is 61.2 Å². The number of fused-ring (bicyclic) bond motifs is 6. The first-order chi connectivity index (χ1) is 12.3. The Bertz CT molecular complexity index is 617. The van der Waals surface area contributed by atoms with Crippen LogP contribution < -0.4 is 0 Å². The zero-order chi connectivity index (χ0) is 18.3. The van der Waals surface area contributed by atoms with Crippen molar-refractivity contribution < 1.29 is 23.8 Å². The molecule has 146 valence electrons. The van der Waals surface area contributed by atoms with Crippen molar-refractivity contribution in [2.45, 2.75) is 76.9 Å². The molecule has 4 unspecified atom stereocenters. The molecule has 26 heavy (non-hydrogen) atoms. The Kier molecular flexibility index (Phi) is 3.73. The Morgan fingerprint density at radius 2 is 1.81 bits per heavy atom. The summed E-state index contributed by atoms with van der Waals surface area (Å²) in [7, 11) is 0. The zero-order valence-corrected chi connectivity index (χ0v) is 15.9. The second kappa shape index (κ2) is 5.51. The SMILES string of the molecule is C[C@]12CCC(=O)CC1[C@@H](O)CC1C2CC[C@@]2(C)C1C[C@@H](F)C21OCCO1. The van der Waals surface area contributed by atoms with Gasteiger partial charge in [-0.3, -0.25) is 4.79 Å². The number of aliphatic hydroxyl groups excluding tert-OH is 1. The highest BCUT2D eigenvalue weighted by molar-refractivity contribution is 5.79. The maximum atomic E-state index is 15.2. The Morgan fingerprint density at radius 3 is 2.54 bits per heavy atom. The van der Waals surface area contributed by atoms with Crippen molar-refractivity contribution in [2.24, 2.45) is 34.5 Å². The molecule has 0 radical (unpaired) electrons. The van der Waals surface area contributed by atoms with E-state index in [1.165, 1.54) is 0 Å². The van der Waals surface area contributed by atoms with E-state index in [0.717, 1.165) is 19.3 Å². The van der Waals surface area contributed by atoms with Gasteiger partial charge in [0.15, 0.2) is 6.17 Å². The topological polar surface area (TPSA) is 55.8 Å². The number of aliphatic hydroxyl groups is 1. The summed E-state index contributed by atoms with van der Waals surface area (Å²) in [5, 5.41) is 10.9. The third-order valence-electron chi connectivity index (χ3n) is 9.27. The predicted octanol–water partition coefficient (Wildman–Crippen LogP) is 3.26. The molecule has 1 heterocycles. The van der Waals surface area contributed by atoms with Crippen LogP contribution in [0.25, 0.3) is 0 Å². The van der Waals surface area contributed by atoms with E-state index in [1.807, 2.05) is 0 Å². The van der Waals surface area contributed by atoms with E-state index in [4.69, 9.17) is 9.47 Å². The molecule has 4 aliphatic carbocycles. The fourth-order valence-electron chi connectivity index (χ4n) is 7.95. The molecule has 4 saturated carbocycles. The van der Waals surface area contributed by atoms with Crippen LogP contribution in [0.2, 0.25) is 0 Å². The summed E-state index contributed by atoms with van der Waals surface area (Å²) in [5.74, 6) is 0.231. The molecule has 1 aliphatic heterocycles. The molecule has 4 nitrogen and oxygen atoms in total. The van der Waals surface area contributed by atoms with E-state index in [1.54, 1.807) is 0 Å². The van der Waals surface area contributed by atoms with Crippen LogP contribution in [0.5, 0.6) is 0 Å². The highest BCUT2D eigenvalue weighted by Crippen LogP contribution is 2.69. The smallest absolute Gasteiger partial charge is 0.205 e. The van der Waals surface area contributed by atoms with Gasteiger partial charge < -0.3 is 14.6 Å². The van der Waals surface area contributed by atoms with Gasteiger partial charge >= 0.3 is 0 Å². The van der Waals surface area contributed by atoms with Crippen LogP contribution in [-0.4, -0.2) is 42.2 Å². The molecule has 5 fully saturated rings. The second-order valence-corrected chi connectivity index (χ2v) is 10.1. The Morgan fingerprint density at radius 1 is 1.08 bits per heavy atom. The number of rotatable bonds is 0. The average Bonchev–Trinajstić information content (AvgIpc) is 3.18. The molecule has 5 aliphatic rings. The summed E-state index contributed by atoms with van der Waals surface area (Å²) >= 11 is 0. The maximum Gasteiger partial charge on any atom is 0.205 e. The van der Waals surface area contributed by atoms with Crippen LogP contribution in [0.3, 0.4) is 0 Å². The summed E-state index contributed by atoms with van der Waals surface area (Å²) in [5.41, 5.74) is -0.325. The molecule has 0 aromatic rings. The van der Waals surface area contributed by atoms with Crippen molar-refractivity contribution in [1.82, 2.24) is 0 Å². The van der Waals surface area contributed by atoms with Gasteiger partial charge in [0.1, 0.15) is 5.78 Å². The van der Waals surface area contributed by atoms with Gasteiger partial charge in [0.05, 0.1) is 19.3 Å². The van der Waals surface area contributed by atoms with Gasteiger partial charge in [-0.1, -0.05) is 13.8 Å². The van der Waals surface area contributed by atoms with Crippen molar-refractivity contribution in [1.29, 1.82) is 0 Å². The lowest BCUT2D eigenvalue weighted by Crippen LogP contribution is -2.60. The minimum atomic E-state index is -1.09. The van der Waals surface area contributed by atoms with Gasteiger partial charge in [-0.2, -0.15) is 0 Å². The number of ether oxygens (including phenoxy) is 2. The molecule has 5 heteroatoms. The van der Waals surface area contributed by atoms with E-state index in [-0.39, 0.29) is 22.7 Å². The molecule has 1 saturated heterocycles. The van der Waals surface area contributed by atoms with Gasteiger partial charge in [0, 0.05) is 18.3 Å². The normalized spacial score (nSPS) is 55.5. The van der Waals surface area contributed by atoms with Crippen molar-refractivity contribution in [3.8, 4) is 0 Å². The van der Waals surface area contributed by atoms with E-state index < -0.39 is 18.1 Å². The van der Waals surface area contributed by atoms with Gasteiger partial charge in [0.25, 0.3) is 0 Å². The molecule has 0 aromatic heterocycles. The summed E-state index contributed by atoms with van der Waals surface area (Å²) in [6, 6.07) is 0. The number of ketones is 1. The van der Waals surface area contributed by atoms with Crippen molar-refractivity contribution in [3.05, 3.63) is 0 Å². The first-order valence-electron chi connectivity index (χ1n) is 10.4. The van der Waals surface area contributed by atoms with Crippen molar-refractivity contribution in [2.75, 3.05) is 13.2 Å². The van der Waals surface area contributed by atoms with Crippen LogP contribution >= 0.6 is 0 Å². The Hall–Kier alpha value is -0.520. The van der Waals surface area contributed by atoms with Crippen molar-refractivity contribution >= 4 is 5.78 Å². The number of hydrogen-bond acceptors (Lipinski definition) is 4. The molecule has 0 aromatic carbocycles. The zero-order valence-electron chi connectivity index (χ0n) is 15.9. The molecular formula is C21H31FO4. The number of hydrogen-bond donors (Lipinski definition) is 1. The Balaban J connectivity index is 1.51. The molecular weight excluding hydrogens is 335 g/mol. The lowest BCUT2D eigenvalue weighted by atomic mass is 9.44. The van der Waals surface area contributed by atoms with Crippen LogP contribution in [-0.2, 0) is 14.3 Å². The first kappa shape index (κ1) is 17.6. The number of carbonyl (C=O) groups excluding carboxylic acids is 1. The summed E-state index contributed by atoms with van der Waals surface area (Å²) < 4.78 is 27.1. The summed E-state index contributed by atoms with van der Waals surface area (Å²) in [4.78, 5) is 12.0. The van der Waals surface area contributed by atoms with Crippen molar-refractivity contribution in [3.63, 3.8) is 0 Å². The van der Waals surface area contributed by atoms with E-state index >= 15 is 4.39 Å². The van der Waals surface area contributed by atoms with Crippen LogP contribution in [0.15, 0.2) is 0 Å². The molecule has 0 amide bonds. The summed E-state index contributed by atoms with van der Waals surface area (Å²) in [6.45, 7) is 5.39. The quantitative estimate of drug-likeness (QED) is 0.715. The third-order valence-corrected chi connectivity index (χ3v) is 9.27. The number of Topliss-reactive ketones (excluding diaryl/α,β-unsaturated/α-hetero) is 1. The fraction of sp³-hybridized carbons (Fsp3) is 0.952. The van der Waals surface area contributed by atoms with Crippen LogP contribution in [0, 0.1) is 34.5 Å². The van der Waals surface area contributed by atoms with E-state index in [0.29, 0.717) is 56.5 Å². The number of halogens is 1. The largest absolute Gasteiger partial charge is 0.393 e. The standard InChI is InChI=1S/C21H31FO4/c1-19-5-3-12(23)9-16(19)17(24)10-13-14(19)4-6-20(2)15(13)11-18(22)21(20)25-7-8-26-21/h13-18,24H,3-11H2,1-2H3/t13?,14?,15?,16?,17-,18+,19+,20-/m0/s1. The van der Waals surface area contributed by atoms with E-state index in [2.05, 4.69) is 13.8 Å². The molecule has 0 bridgehead atoms. The van der Waals surface area contributed by atoms with Gasteiger partial charge in [-0.25, -0.2) is 4.39 Å². The van der Waals surface area contributed by atoms with E-state index in [9.17, 15) is 9.90 Å². The minimum Gasteiger partial charge on any atom is -0.393 e. The minimum absolute atomic E-state index is 0.00345. The number of carbonyl (C=O) groups is 1. The average molecular weight is 366 g/mol. The highest BCUT2D eigenvalue weighted by Gasteiger charge is 2.72. The van der Waals surface area contributed by atoms with Gasteiger partial charge in [-0.15, -0.1) is 0 Å². The highest BCUT2D eigenvalue weighted by atomic mass is 19.1. The monoisotopic (exact) mass is 366 g/mol. The molecule has 1 N–H and O–H groups in total. The van der Waals surface area contributed by atoms with Crippen LogP contribution in [0.4, 0.5) is 4.39 Å². The lowest BCUT2D eigenvalue weighted by molar-refractivity contribution is -0.268. The molecule has 1 spiro atoms. The Labute approximate surface area is 154 Å². The number of alkyl halides is 1. The van der Waals surface area contributed by atoms with Crippen LogP contribution in [0.1, 0.15) is 58.8 Å². The third kappa shape index (κ3) is 1.98. The predicted molar refractivity (Wildman–Crippen MR) is 93.0 cm³/mol. The fourth-order valence-corrected chi connectivity index (χ4v) is 7.95. The molecule has 8 atom stereocenters. The van der Waals surface area contributed by atoms with Gasteiger partial charge in [0.2, 0.25) is 5.79 Å². The lowest BCUT2D eigenvalue weighted by Gasteiger charge is -2.61. The first-order valence-corrected chi connectivity index (χ1v) is 10.4. The summed E-state index contributed by atoms with van der Waals surface area (Å²) in [6.07, 6.45) is 3.58. The maximum absolute atomic E-state index is 15.2. The molecule has 5 rings (SSSR count).